The van der Waals surface area contributed by atoms with Crippen molar-refractivity contribution in [1.82, 2.24) is 10.3 Å². The van der Waals surface area contributed by atoms with Gasteiger partial charge in [-0.3, -0.25) is 4.79 Å². The number of aromatic hydroxyl groups is 1. The number of amides is 1. The predicted molar refractivity (Wildman–Crippen MR) is 68.4 cm³/mol. The molecule has 0 saturated heterocycles. The van der Waals surface area contributed by atoms with Gasteiger partial charge < -0.3 is 10.4 Å². The standard InChI is InChI=1S/C14H14N2O2/c17-12-7-4-9-15-13(12)14(18)16-10-8-11-5-2-1-3-6-11/h1-7,9,17H,8,10H2,(H,16,18). The third-order valence-electron chi connectivity index (χ3n) is 2.54. The number of hydrogen-bond acceptors (Lipinski definition) is 3. The minimum Gasteiger partial charge on any atom is -0.505 e. The molecule has 1 amide bonds. The lowest BCUT2D eigenvalue weighted by Crippen LogP contribution is -2.26. The van der Waals surface area contributed by atoms with Crippen LogP contribution in [0.1, 0.15) is 16.1 Å². The van der Waals surface area contributed by atoms with Crippen LogP contribution in [0.15, 0.2) is 48.7 Å². The van der Waals surface area contributed by atoms with E-state index in [1.54, 1.807) is 6.07 Å². The van der Waals surface area contributed by atoms with Crippen molar-refractivity contribution in [1.29, 1.82) is 0 Å². The molecule has 0 spiro atoms. The highest BCUT2D eigenvalue weighted by Gasteiger charge is 2.10. The molecule has 0 bridgehead atoms. The number of hydrogen-bond donors (Lipinski definition) is 2. The van der Waals surface area contributed by atoms with Crippen LogP contribution in [0.4, 0.5) is 0 Å². The highest BCUT2D eigenvalue weighted by atomic mass is 16.3. The van der Waals surface area contributed by atoms with Crippen LogP contribution in [0.5, 0.6) is 5.75 Å². The van der Waals surface area contributed by atoms with E-state index in [0.717, 1.165) is 12.0 Å². The van der Waals surface area contributed by atoms with Crippen LogP contribution in [-0.2, 0) is 6.42 Å². The maximum atomic E-state index is 11.7. The molecular weight excluding hydrogens is 228 g/mol. The Bertz CT molecular complexity index is 526. The second-order valence-electron chi connectivity index (χ2n) is 3.86. The third-order valence-corrected chi connectivity index (χ3v) is 2.54. The zero-order chi connectivity index (χ0) is 12.8. The van der Waals surface area contributed by atoms with E-state index in [0.29, 0.717) is 6.54 Å². The van der Waals surface area contributed by atoms with Gasteiger partial charge in [-0.25, -0.2) is 4.98 Å². The summed E-state index contributed by atoms with van der Waals surface area (Å²) >= 11 is 0. The first-order chi connectivity index (χ1) is 8.77. The van der Waals surface area contributed by atoms with E-state index in [1.165, 1.54) is 12.3 Å². The molecular formula is C14H14N2O2. The SMILES string of the molecule is O=C(NCCc1ccccc1)c1ncccc1O. The van der Waals surface area contributed by atoms with Crippen molar-refractivity contribution in [3.63, 3.8) is 0 Å². The van der Waals surface area contributed by atoms with Crippen LogP contribution in [0.25, 0.3) is 0 Å². The second-order valence-corrected chi connectivity index (χ2v) is 3.86. The number of carbonyl (C=O) groups excluding carboxylic acids is 1. The van der Waals surface area contributed by atoms with Gasteiger partial charge in [0, 0.05) is 12.7 Å². The van der Waals surface area contributed by atoms with Crippen molar-refractivity contribution in [2.45, 2.75) is 6.42 Å². The van der Waals surface area contributed by atoms with Gasteiger partial charge in [0.05, 0.1) is 0 Å². The maximum Gasteiger partial charge on any atom is 0.273 e. The summed E-state index contributed by atoms with van der Waals surface area (Å²) in [6.45, 7) is 0.513. The predicted octanol–water partition coefficient (Wildman–Crippen LogP) is 1.76. The Morgan fingerprint density at radius 2 is 1.94 bits per heavy atom. The molecule has 0 radical (unpaired) electrons. The van der Waals surface area contributed by atoms with Crippen molar-refractivity contribution in [3.8, 4) is 5.75 Å². The maximum absolute atomic E-state index is 11.7. The lowest BCUT2D eigenvalue weighted by atomic mass is 10.1. The number of nitrogens with one attached hydrogen (secondary N) is 1. The number of aromatic nitrogens is 1. The topological polar surface area (TPSA) is 62.2 Å². The molecule has 92 valence electrons. The molecule has 4 heteroatoms. The van der Waals surface area contributed by atoms with Crippen LogP contribution in [0, 0.1) is 0 Å². The Morgan fingerprint density at radius 3 is 2.67 bits per heavy atom. The van der Waals surface area contributed by atoms with Crippen LogP contribution >= 0.6 is 0 Å². The summed E-state index contributed by atoms with van der Waals surface area (Å²) in [5, 5.41) is 12.2. The van der Waals surface area contributed by atoms with E-state index in [4.69, 9.17) is 0 Å². The fourth-order valence-electron chi connectivity index (χ4n) is 1.62. The van der Waals surface area contributed by atoms with Crippen molar-refractivity contribution in [2.24, 2.45) is 0 Å². The van der Waals surface area contributed by atoms with Gasteiger partial charge in [-0.05, 0) is 24.1 Å². The zero-order valence-corrected chi connectivity index (χ0v) is 9.84. The first-order valence-corrected chi connectivity index (χ1v) is 5.73. The fraction of sp³-hybridized carbons (Fsp3) is 0.143. The number of pyridine rings is 1. The van der Waals surface area contributed by atoms with Gasteiger partial charge in [-0.15, -0.1) is 0 Å². The molecule has 18 heavy (non-hydrogen) atoms. The summed E-state index contributed by atoms with van der Waals surface area (Å²) < 4.78 is 0. The second kappa shape index (κ2) is 5.82. The summed E-state index contributed by atoms with van der Waals surface area (Å²) in [6, 6.07) is 12.9. The van der Waals surface area contributed by atoms with E-state index in [1.807, 2.05) is 30.3 Å². The molecule has 2 aromatic rings. The Labute approximate surface area is 105 Å². The van der Waals surface area contributed by atoms with Gasteiger partial charge in [0.1, 0.15) is 5.75 Å². The molecule has 0 aliphatic carbocycles. The number of rotatable bonds is 4. The number of carbonyl (C=O) groups is 1. The van der Waals surface area contributed by atoms with Crippen molar-refractivity contribution in [3.05, 3.63) is 59.9 Å². The van der Waals surface area contributed by atoms with E-state index >= 15 is 0 Å². The van der Waals surface area contributed by atoms with Gasteiger partial charge in [0.15, 0.2) is 5.69 Å². The van der Waals surface area contributed by atoms with Crippen molar-refractivity contribution in [2.75, 3.05) is 6.54 Å². The van der Waals surface area contributed by atoms with Crippen LogP contribution < -0.4 is 5.32 Å². The van der Waals surface area contributed by atoms with Crippen molar-refractivity contribution < 1.29 is 9.90 Å². The van der Waals surface area contributed by atoms with E-state index in [9.17, 15) is 9.90 Å². The monoisotopic (exact) mass is 242 g/mol. The van der Waals surface area contributed by atoms with Gasteiger partial charge in [-0.2, -0.15) is 0 Å². The summed E-state index contributed by atoms with van der Waals surface area (Å²) in [5.74, 6) is -0.459. The molecule has 0 fully saturated rings. The molecule has 4 nitrogen and oxygen atoms in total. The molecule has 0 unspecified atom stereocenters. The highest BCUT2D eigenvalue weighted by Crippen LogP contribution is 2.11. The number of nitrogens with zero attached hydrogens (tertiary/aromatic N) is 1. The molecule has 2 rings (SSSR count). The normalized spacial score (nSPS) is 10.0. The molecule has 0 aliphatic rings. The minimum absolute atomic E-state index is 0.0607. The molecule has 1 aromatic carbocycles. The Balaban J connectivity index is 1.88. The quantitative estimate of drug-likeness (QED) is 0.858. The summed E-state index contributed by atoms with van der Waals surface area (Å²) in [6.07, 6.45) is 2.23. The lowest BCUT2D eigenvalue weighted by molar-refractivity contribution is 0.0946. The third kappa shape index (κ3) is 3.07. The Kier molecular flexibility index (Phi) is 3.91. The van der Waals surface area contributed by atoms with Crippen LogP contribution in [0.2, 0.25) is 0 Å². The van der Waals surface area contributed by atoms with Crippen LogP contribution in [0.3, 0.4) is 0 Å². The Hall–Kier alpha value is -2.36. The van der Waals surface area contributed by atoms with Gasteiger partial charge >= 0.3 is 0 Å². The molecule has 0 atom stereocenters. The minimum atomic E-state index is -0.357. The largest absolute Gasteiger partial charge is 0.505 e. The fourth-order valence-corrected chi connectivity index (χ4v) is 1.62. The van der Waals surface area contributed by atoms with Crippen LogP contribution in [-0.4, -0.2) is 22.5 Å². The average Bonchev–Trinajstić information content (AvgIpc) is 2.40. The molecule has 1 aromatic heterocycles. The summed E-state index contributed by atoms with van der Waals surface area (Å²) in [7, 11) is 0. The zero-order valence-electron chi connectivity index (χ0n) is 9.84. The first-order valence-electron chi connectivity index (χ1n) is 5.73. The lowest BCUT2D eigenvalue weighted by Gasteiger charge is -2.05. The van der Waals surface area contributed by atoms with E-state index in [-0.39, 0.29) is 17.4 Å². The van der Waals surface area contributed by atoms with E-state index < -0.39 is 0 Å². The smallest absolute Gasteiger partial charge is 0.273 e. The molecule has 1 heterocycles. The van der Waals surface area contributed by atoms with Gasteiger partial charge in [-0.1, -0.05) is 30.3 Å². The Morgan fingerprint density at radius 1 is 1.17 bits per heavy atom. The highest BCUT2D eigenvalue weighted by molar-refractivity contribution is 5.94. The molecule has 0 aliphatic heterocycles. The first kappa shape index (κ1) is 12.1. The average molecular weight is 242 g/mol. The summed E-state index contributed by atoms with van der Waals surface area (Å²) in [5.41, 5.74) is 1.22. The molecule has 0 saturated carbocycles. The molecule has 2 N–H and O–H groups in total. The number of benzene rings is 1. The summed E-state index contributed by atoms with van der Waals surface area (Å²) in [4.78, 5) is 15.6. The van der Waals surface area contributed by atoms with E-state index in [2.05, 4.69) is 10.3 Å². The van der Waals surface area contributed by atoms with Crippen molar-refractivity contribution >= 4 is 5.91 Å². The van der Waals surface area contributed by atoms with Gasteiger partial charge in [0.2, 0.25) is 0 Å². The van der Waals surface area contributed by atoms with Gasteiger partial charge in [0.25, 0.3) is 5.91 Å².